The van der Waals surface area contributed by atoms with E-state index < -0.39 is 0 Å². The third-order valence-corrected chi connectivity index (χ3v) is 4.98. The number of hydrogen-bond acceptors (Lipinski definition) is 10. The molecular weight excluding hydrogens is 340 g/mol. The quantitative estimate of drug-likeness (QED) is 0.686. The lowest BCUT2D eigenvalue weighted by molar-refractivity contribution is 0.422. The normalized spacial score (nSPS) is 14.8. The van der Waals surface area contributed by atoms with Crippen molar-refractivity contribution in [1.82, 2.24) is 25.3 Å². The summed E-state index contributed by atoms with van der Waals surface area (Å²) in [5.74, 6) is 1.68. The summed E-state index contributed by atoms with van der Waals surface area (Å²) in [6.45, 7) is 3.50. The largest absolute Gasteiger partial charge is 0.364 e. The van der Waals surface area contributed by atoms with Crippen molar-refractivity contribution in [2.24, 2.45) is 0 Å². The van der Waals surface area contributed by atoms with E-state index in [-0.39, 0.29) is 0 Å². The van der Waals surface area contributed by atoms with E-state index in [0.29, 0.717) is 0 Å². The first-order valence-electron chi connectivity index (χ1n) is 7.95. The van der Waals surface area contributed by atoms with Crippen molar-refractivity contribution in [1.29, 1.82) is 0 Å². The molecule has 130 valence electrons. The average molecular weight is 358 g/mol. The molecular formula is C15H18N8OS. The van der Waals surface area contributed by atoms with Crippen molar-refractivity contribution in [3.8, 4) is 10.7 Å². The molecule has 3 aromatic heterocycles. The second-order valence-corrected chi connectivity index (χ2v) is 6.81. The first-order chi connectivity index (χ1) is 12.2. The van der Waals surface area contributed by atoms with Crippen molar-refractivity contribution in [3.05, 3.63) is 24.6 Å². The standard InChI is InChI=1S/C15H18N8OS/c1-21(2)14-16-5-3-12(17-14)22-6-8-23(9-7-22)15-19-18-13(25-15)11-4-10-24-20-11/h3-5,10H,6-9H2,1-2H3. The van der Waals surface area contributed by atoms with Gasteiger partial charge in [0.05, 0.1) is 0 Å². The molecule has 0 amide bonds. The van der Waals surface area contributed by atoms with Gasteiger partial charge >= 0.3 is 0 Å². The fourth-order valence-corrected chi connectivity index (χ4v) is 3.49. The van der Waals surface area contributed by atoms with E-state index >= 15 is 0 Å². The van der Waals surface area contributed by atoms with Crippen molar-refractivity contribution < 1.29 is 4.52 Å². The van der Waals surface area contributed by atoms with E-state index in [9.17, 15) is 0 Å². The van der Waals surface area contributed by atoms with E-state index in [0.717, 1.165) is 53.8 Å². The molecule has 0 aromatic carbocycles. The average Bonchev–Trinajstić information content (AvgIpc) is 3.33. The van der Waals surface area contributed by atoms with Gasteiger partial charge in [0, 0.05) is 52.5 Å². The SMILES string of the molecule is CN(C)c1nccc(N2CCN(c3nnc(-c4ccon4)s3)CC2)n1. The monoisotopic (exact) mass is 358 g/mol. The lowest BCUT2D eigenvalue weighted by Crippen LogP contribution is -2.46. The highest BCUT2D eigenvalue weighted by molar-refractivity contribution is 7.18. The first-order valence-corrected chi connectivity index (χ1v) is 8.77. The molecule has 4 heterocycles. The van der Waals surface area contributed by atoms with Crippen LogP contribution in [0.4, 0.5) is 16.9 Å². The second kappa shape index (κ2) is 6.63. The van der Waals surface area contributed by atoms with Crippen LogP contribution >= 0.6 is 11.3 Å². The van der Waals surface area contributed by atoms with E-state index in [1.807, 2.05) is 25.1 Å². The summed E-state index contributed by atoms with van der Waals surface area (Å²) in [5.41, 5.74) is 0.722. The number of aromatic nitrogens is 5. The van der Waals surface area contributed by atoms with E-state index in [2.05, 4.69) is 35.1 Å². The minimum atomic E-state index is 0.722. The fraction of sp³-hybridized carbons (Fsp3) is 0.400. The van der Waals surface area contributed by atoms with Crippen molar-refractivity contribution in [2.75, 3.05) is 55.0 Å². The number of hydrogen-bond donors (Lipinski definition) is 0. The molecule has 1 aliphatic rings. The highest BCUT2D eigenvalue weighted by Gasteiger charge is 2.22. The van der Waals surface area contributed by atoms with Crippen molar-refractivity contribution in [3.63, 3.8) is 0 Å². The second-order valence-electron chi connectivity index (χ2n) is 5.86. The lowest BCUT2D eigenvalue weighted by Gasteiger charge is -2.35. The topological polar surface area (TPSA) is 87.3 Å². The first kappa shape index (κ1) is 15.8. The molecule has 0 radical (unpaired) electrons. The van der Waals surface area contributed by atoms with Crippen LogP contribution in [0.3, 0.4) is 0 Å². The Morgan fingerprint density at radius 2 is 1.88 bits per heavy atom. The molecule has 0 atom stereocenters. The Kier molecular flexibility index (Phi) is 4.18. The van der Waals surface area contributed by atoms with Gasteiger partial charge in [0.2, 0.25) is 11.1 Å². The Bertz CT molecular complexity index is 826. The van der Waals surface area contributed by atoms with Crippen LogP contribution in [0.5, 0.6) is 0 Å². The third-order valence-electron chi connectivity index (χ3n) is 3.97. The minimum absolute atomic E-state index is 0.722. The molecule has 3 aromatic rings. The summed E-state index contributed by atoms with van der Waals surface area (Å²) in [6, 6.07) is 3.75. The van der Waals surface area contributed by atoms with E-state index in [1.165, 1.54) is 11.3 Å². The van der Waals surface area contributed by atoms with Gasteiger partial charge in [0.1, 0.15) is 17.8 Å². The molecule has 4 rings (SSSR count). The minimum Gasteiger partial charge on any atom is -0.364 e. The number of piperazine rings is 1. The molecule has 1 aliphatic heterocycles. The summed E-state index contributed by atoms with van der Waals surface area (Å²) in [6.07, 6.45) is 3.35. The molecule has 0 unspecified atom stereocenters. The maximum Gasteiger partial charge on any atom is 0.226 e. The molecule has 0 N–H and O–H groups in total. The molecule has 0 spiro atoms. The highest BCUT2D eigenvalue weighted by atomic mass is 32.1. The zero-order valence-corrected chi connectivity index (χ0v) is 14.8. The Balaban J connectivity index is 1.42. The van der Waals surface area contributed by atoms with Gasteiger partial charge in [0.25, 0.3) is 0 Å². The van der Waals surface area contributed by atoms with Crippen LogP contribution in [0.15, 0.2) is 29.1 Å². The van der Waals surface area contributed by atoms with Gasteiger partial charge in [-0.3, -0.25) is 0 Å². The van der Waals surface area contributed by atoms with E-state index in [4.69, 9.17) is 4.52 Å². The summed E-state index contributed by atoms with van der Waals surface area (Å²) in [7, 11) is 3.89. The van der Waals surface area contributed by atoms with Crippen molar-refractivity contribution >= 4 is 28.2 Å². The Morgan fingerprint density at radius 3 is 2.60 bits per heavy atom. The van der Waals surface area contributed by atoms with Gasteiger partial charge in [-0.2, -0.15) is 4.98 Å². The molecule has 9 nitrogen and oxygen atoms in total. The molecule has 1 fully saturated rings. The van der Waals surface area contributed by atoms with Crippen LogP contribution in [0, 0.1) is 0 Å². The summed E-state index contributed by atoms with van der Waals surface area (Å²) >= 11 is 1.53. The predicted molar refractivity (Wildman–Crippen MR) is 96.2 cm³/mol. The van der Waals surface area contributed by atoms with Crippen LogP contribution in [-0.4, -0.2) is 65.6 Å². The van der Waals surface area contributed by atoms with Crippen molar-refractivity contribution in [2.45, 2.75) is 0 Å². The van der Waals surface area contributed by atoms with Gasteiger partial charge < -0.3 is 19.2 Å². The third kappa shape index (κ3) is 3.25. The lowest BCUT2D eigenvalue weighted by atomic mass is 10.3. The summed E-state index contributed by atoms with van der Waals surface area (Å²) in [4.78, 5) is 15.3. The number of nitrogens with zero attached hydrogens (tertiary/aromatic N) is 8. The number of rotatable bonds is 4. The maximum atomic E-state index is 4.87. The van der Waals surface area contributed by atoms with Gasteiger partial charge in [-0.05, 0) is 6.07 Å². The Morgan fingerprint density at radius 1 is 1.08 bits per heavy atom. The van der Waals surface area contributed by atoms with Crippen LogP contribution in [0.2, 0.25) is 0 Å². The fourth-order valence-electron chi connectivity index (χ4n) is 2.63. The van der Waals surface area contributed by atoms with Gasteiger partial charge in [-0.15, -0.1) is 10.2 Å². The molecule has 10 heteroatoms. The molecule has 1 saturated heterocycles. The molecule has 25 heavy (non-hydrogen) atoms. The summed E-state index contributed by atoms with van der Waals surface area (Å²) < 4.78 is 4.87. The molecule has 0 saturated carbocycles. The number of anilines is 3. The van der Waals surface area contributed by atoms with E-state index in [1.54, 1.807) is 18.5 Å². The van der Waals surface area contributed by atoms with Crippen LogP contribution in [-0.2, 0) is 0 Å². The van der Waals surface area contributed by atoms with Gasteiger partial charge in [0.15, 0.2) is 5.01 Å². The maximum absolute atomic E-state index is 4.87. The van der Waals surface area contributed by atoms with Crippen LogP contribution in [0.1, 0.15) is 0 Å². The van der Waals surface area contributed by atoms with Gasteiger partial charge in [-0.1, -0.05) is 16.5 Å². The summed E-state index contributed by atoms with van der Waals surface area (Å²) in [5, 5.41) is 14.1. The Labute approximate surface area is 148 Å². The highest BCUT2D eigenvalue weighted by Crippen LogP contribution is 2.28. The Hall–Kier alpha value is -2.75. The van der Waals surface area contributed by atoms with Crippen LogP contribution in [0.25, 0.3) is 10.7 Å². The zero-order chi connectivity index (χ0) is 17.2. The molecule has 0 aliphatic carbocycles. The van der Waals surface area contributed by atoms with Crippen LogP contribution < -0.4 is 14.7 Å². The zero-order valence-electron chi connectivity index (χ0n) is 14.0. The van der Waals surface area contributed by atoms with Gasteiger partial charge in [-0.25, -0.2) is 4.98 Å². The molecule has 0 bridgehead atoms. The predicted octanol–water partition coefficient (Wildman–Crippen LogP) is 1.38. The smallest absolute Gasteiger partial charge is 0.226 e.